The molecule has 1 aliphatic heterocycles. The van der Waals surface area contributed by atoms with Gasteiger partial charge in [0.1, 0.15) is 12.4 Å². The summed E-state index contributed by atoms with van der Waals surface area (Å²) < 4.78 is 18.9. The first-order valence-electron chi connectivity index (χ1n) is 6.43. The van der Waals surface area contributed by atoms with Crippen molar-refractivity contribution in [2.24, 2.45) is 0 Å². The lowest BCUT2D eigenvalue weighted by Crippen LogP contribution is -2.18. The summed E-state index contributed by atoms with van der Waals surface area (Å²) in [5, 5.41) is 3.27. The van der Waals surface area contributed by atoms with Gasteiger partial charge in [-0.15, -0.1) is 0 Å². The smallest absolute Gasteiger partial charge is 0.160 e. The Morgan fingerprint density at radius 2 is 2.26 bits per heavy atom. The number of pyridine rings is 1. The van der Waals surface area contributed by atoms with Crippen molar-refractivity contribution in [2.45, 2.75) is 13.3 Å². The predicted molar refractivity (Wildman–Crippen MR) is 73.0 cm³/mol. The molecule has 0 saturated carbocycles. The zero-order valence-corrected chi connectivity index (χ0v) is 10.7. The van der Waals surface area contributed by atoms with Gasteiger partial charge < -0.3 is 10.1 Å². The number of rotatable bonds is 2. The second-order valence-corrected chi connectivity index (χ2v) is 4.50. The third-order valence-corrected chi connectivity index (χ3v) is 3.27. The first-order chi connectivity index (χ1) is 9.28. The van der Waals surface area contributed by atoms with E-state index in [1.807, 2.05) is 12.1 Å². The second-order valence-electron chi connectivity index (χ2n) is 4.50. The largest absolute Gasteiger partial charge is 0.488 e. The van der Waals surface area contributed by atoms with Crippen molar-refractivity contribution in [1.82, 2.24) is 4.98 Å². The lowest BCUT2D eigenvalue weighted by atomic mass is 10.0. The highest BCUT2D eigenvalue weighted by molar-refractivity contribution is 5.70. The van der Waals surface area contributed by atoms with Crippen LogP contribution in [0.5, 0.6) is 5.75 Å². The van der Waals surface area contributed by atoms with E-state index in [1.54, 1.807) is 6.20 Å². The molecular weight excluding hydrogens is 243 g/mol. The molecular formula is C15H15FN2O. The molecule has 19 heavy (non-hydrogen) atoms. The van der Waals surface area contributed by atoms with E-state index in [0.717, 1.165) is 41.2 Å². The van der Waals surface area contributed by atoms with Crippen molar-refractivity contribution in [3.63, 3.8) is 0 Å². The summed E-state index contributed by atoms with van der Waals surface area (Å²) in [5.74, 6) is 0.514. The van der Waals surface area contributed by atoms with Crippen molar-refractivity contribution in [2.75, 3.05) is 18.5 Å². The van der Waals surface area contributed by atoms with E-state index < -0.39 is 0 Å². The van der Waals surface area contributed by atoms with Crippen LogP contribution in [0, 0.1) is 5.82 Å². The molecule has 98 valence electrons. The van der Waals surface area contributed by atoms with E-state index in [1.165, 1.54) is 12.1 Å². The highest BCUT2D eigenvalue weighted by Crippen LogP contribution is 2.32. The van der Waals surface area contributed by atoms with Gasteiger partial charge in [0.2, 0.25) is 0 Å². The van der Waals surface area contributed by atoms with Crippen LogP contribution in [0.4, 0.5) is 10.1 Å². The molecule has 0 atom stereocenters. The molecule has 1 aromatic carbocycles. The van der Waals surface area contributed by atoms with E-state index >= 15 is 0 Å². The van der Waals surface area contributed by atoms with E-state index in [2.05, 4.69) is 17.2 Å². The van der Waals surface area contributed by atoms with Crippen LogP contribution in [0.15, 0.2) is 30.5 Å². The Balaban J connectivity index is 2.09. The molecule has 2 aromatic rings. The fourth-order valence-electron chi connectivity index (χ4n) is 2.29. The quantitative estimate of drug-likeness (QED) is 0.897. The summed E-state index contributed by atoms with van der Waals surface area (Å²) in [5.41, 5.74) is 3.62. The standard InChI is InChI=1S/C15H15FN2O/c1-2-10-3-4-11(16)7-12(10)13-8-14-15(9-18-13)19-6-5-17-14/h3-4,7-9,17H,2,5-6H2,1H3. The zero-order chi connectivity index (χ0) is 13.2. The SMILES string of the molecule is CCc1ccc(F)cc1-c1cc2c(cn1)OCCN2. The second kappa shape index (κ2) is 4.88. The molecule has 0 bridgehead atoms. The molecule has 4 heteroatoms. The van der Waals surface area contributed by atoms with Crippen LogP contribution in [-0.4, -0.2) is 18.1 Å². The molecule has 1 aliphatic rings. The Kier molecular flexibility index (Phi) is 3.07. The first-order valence-corrected chi connectivity index (χ1v) is 6.43. The van der Waals surface area contributed by atoms with Crippen LogP contribution in [0.2, 0.25) is 0 Å². The number of hydrogen-bond donors (Lipinski definition) is 1. The predicted octanol–water partition coefficient (Wildman–Crippen LogP) is 3.25. The number of halogens is 1. The van der Waals surface area contributed by atoms with Gasteiger partial charge in [0.05, 0.1) is 17.6 Å². The molecule has 0 saturated heterocycles. The molecule has 0 aliphatic carbocycles. The third-order valence-electron chi connectivity index (χ3n) is 3.27. The van der Waals surface area contributed by atoms with Gasteiger partial charge in [-0.1, -0.05) is 13.0 Å². The van der Waals surface area contributed by atoms with Gasteiger partial charge in [0, 0.05) is 12.1 Å². The summed E-state index contributed by atoms with van der Waals surface area (Å²) in [6, 6.07) is 6.76. The lowest BCUT2D eigenvalue weighted by Gasteiger charge is -2.19. The van der Waals surface area contributed by atoms with Crippen molar-refractivity contribution >= 4 is 5.69 Å². The van der Waals surface area contributed by atoms with E-state index in [-0.39, 0.29) is 5.82 Å². The van der Waals surface area contributed by atoms with Crippen molar-refractivity contribution in [3.8, 4) is 17.0 Å². The Morgan fingerprint density at radius 1 is 1.37 bits per heavy atom. The number of nitrogens with one attached hydrogen (secondary N) is 1. The van der Waals surface area contributed by atoms with Gasteiger partial charge in [-0.2, -0.15) is 0 Å². The number of aromatic nitrogens is 1. The maximum absolute atomic E-state index is 13.4. The van der Waals surface area contributed by atoms with Crippen molar-refractivity contribution < 1.29 is 9.13 Å². The first kappa shape index (κ1) is 12.0. The molecule has 0 unspecified atom stereocenters. The third kappa shape index (κ3) is 2.26. The van der Waals surface area contributed by atoms with Gasteiger partial charge in [-0.05, 0) is 30.2 Å². The zero-order valence-electron chi connectivity index (χ0n) is 10.7. The van der Waals surface area contributed by atoms with Gasteiger partial charge in [-0.3, -0.25) is 4.98 Å². The average Bonchev–Trinajstić information content (AvgIpc) is 2.46. The van der Waals surface area contributed by atoms with Gasteiger partial charge in [0.15, 0.2) is 5.75 Å². The number of aryl methyl sites for hydroxylation is 1. The molecule has 0 fully saturated rings. The summed E-state index contributed by atoms with van der Waals surface area (Å²) in [6.07, 6.45) is 2.54. The molecule has 0 radical (unpaired) electrons. The molecule has 3 nitrogen and oxygen atoms in total. The number of benzene rings is 1. The maximum Gasteiger partial charge on any atom is 0.160 e. The summed E-state index contributed by atoms with van der Waals surface area (Å²) in [6.45, 7) is 3.48. The van der Waals surface area contributed by atoms with E-state index in [0.29, 0.717) is 6.61 Å². The molecule has 3 rings (SSSR count). The molecule has 0 amide bonds. The van der Waals surface area contributed by atoms with Crippen LogP contribution >= 0.6 is 0 Å². The molecule has 0 spiro atoms. The van der Waals surface area contributed by atoms with Crippen LogP contribution in [0.25, 0.3) is 11.3 Å². The van der Waals surface area contributed by atoms with Crippen molar-refractivity contribution in [1.29, 1.82) is 0 Å². The van der Waals surface area contributed by atoms with Crippen LogP contribution in [0.1, 0.15) is 12.5 Å². The number of fused-ring (bicyclic) bond motifs is 1. The fraction of sp³-hybridized carbons (Fsp3) is 0.267. The van der Waals surface area contributed by atoms with Gasteiger partial charge in [-0.25, -0.2) is 4.39 Å². The topological polar surface area (TPSA) is 34.1 Å². The Labute approximate surface area is 111 Å². The minimum atomic E-state index is -0.240. The lowest BCUT2D eigenvalue weighted by molar-refractivity contribution is 0.322. The highest BCUT2D eigenvalue weighted by Gasteiger charge is 2.13. The normalized spacial score (nSPS) is 13.4. The van der Waals surface area contributed by atoms with Crippen LogP contribution in [0.3, 0.4) is 0 Å². The fourth-order valence-corrected chi connectivity index (χ4v) is 2.29. The van der Waals surface area contributed by atoms with Crippen LogP contribution in [-0.2, 0) is 6.42 Å². The number of hydrogen-bond acceptors (Lipinski definition) is 3. The Morgan fingerprint density at radius 3 is 3.11 bits per heavy atom. The summed E-state index contributed by atoms with van der Waals surface area (Å²) in [4.78, 5) is 4.38. The minimum Gasteiger partial charge on any atom is -0.488 e. The molecule has 1 N–H and O–H groups in total. The molecule has 1 aromatic heterocycles. The number of nitrogens with zero attached hydrogens (tertiary/aromatic N) is 1. The summed E-state index contributed by atoms with van der Waals surface area (Å²) in [7, 11) is 0. The monoisotopic (exact) mass is 258 g/mol. The van der Waals surface area contributed by atoms with Crippen LogP contribution < -0.4 is 10.1 Å². The van der Waals surface area contributed by atoms with Crippen molar-refractivity contribution in [3.05, 3.63) is 41.8 Å². The van der Waals surface area contributed by atoms with Gasteiger partial charge >= 0.3 is 0 Å². The maximum atomic E-state index is 13.4. The Hall–Kier alpha value is -2.10. The summed E-state index contributed by atoms with van der Waals surface area (Å²) >= 11 is 0. The van der Waals surface area contributed by atoms with E-state index in [9.17, 15) is 4.39 Å². The highest BCUT2D eigenvalue weighted by atomic mass is 19.1. The average molecular weight is 258 g/mol. The number of ether oxygens (including phenoxy) is 1. The number of anilines is 1. The van der Waals surface area contributed by atoms with Gasteiger partial charge in [0.25, 0.3) is 0 Å². The molecule has 2 heterocycles. The Bertz CT molecular complexity index is 613. The minimum absolute atomic E-state index is 0.240. The van der Waals surface area contributed by atoms with E-state index in [4.69, 9.17) is 4.74 Å².